The van der Waals surface area contributed by atoms with Crippen LogP contribution in [0.1, 0.15) is 47.2 Å². The van der Waals surface area contributed by atoms with E-state index < -0.39 is 10.0 Å². The van der Waals surface area contributed by atoms with E-state index in [9.17, 15) is 13.2 Å². The number of pyridine rings is 1. The number of ether oxygens (including phenoxy) is 1. The smallest absolute Gasteiger partial charge is 0.261 e. The third-order valence-electron chi connectivity index (χ3n) is 5.88. The molecule has 1 saturated carbocycles. The van der Waals surface area contributed by atoms with Crippen LogP contribution in [0.3, 0.4) is 0 Å². The fraction of sp³-hybridized carbons (Fsp3) is 0.280. The van der Waals surface area contributed by atoms with E-state index >= 15 is 0 Å². The molecule has 2 aliphatic carbocycles. The first kappa shape index (κ1) is 21.5. The minimum absolute atomic E-state index is 0.207. The number of rotatable bonds is 7. The fourth-order valence-electron chi connectivity index (χ4n) is 3.93. The molecule has 8 heteroatoms. The number of hydrogen-bond acceptors (Lipinski definition) is 5. The Balaban J connectivity index is 1.29. The van der Waals surface area contributed by atoms with Crippen LogP contribution in [0.15, 0.2) is 65.7 Å². The predicted octanol–water partition coefficient (Wildman–Crippen LogP) is 4.45. The molecule has 1 fully saturated rings. The minimum Gasteiger partial charge on any atom is -0.438 e. The summed E-state index contributed by atoms with van der Waals surface area (Å²) in [5.41, 5.74) is 3.14. The summed E-state index contributed by atoms with van der Waals surface area (Å²) in [5.74, 6) is 0.443. The number of benzene rings is 2. The molecule has 0 atom stereocenters. The van der Waals surface area contributed by atoms with E-state index in [1.54, 1.807) is 54.7 Å². The Kier molecular flexibility index (Phi) is 5.76. The van der Waals surface area contributed by atoms with Gasteiger partial charge in [0.05, 0.1) is 4.90 Å². The van der Waals surface area contributed by atoms with Gasteiger partial charge in [-0.1, -0.05) is 6.07 Å². The summed E-state index contributed by atoms with van der Waals surface area (Å²) in [6, 6.07) is 15.5. The molecule has 0 saturated heterocycles. The molecule has 0 aliphatic heterocycles. The maximum absolute atomic E-state index is 12.9. The molecule has 5 rings (SSSR count). The van der Waals surface area contributed by atoms with Crippen LogP contribution in [0.2, 0.25) is 0 Å². The maximum Gasteiger partial charge on any atom is 0.261 e. The number of aromatic nitrogens is 1. The van der Waals surface area contributed by atoms with E-state index in [1.807, 2.05) is 6.07 Å². The first-order valence-electron chi connectivity index (χ1n) is 11.2. The summed E-state index contributed by atoms with van der Waals surface area (Å²) in [5, 5.41) is 2.93. The quantitative estimate of drug-likeness (QED) is 0.540. The van der Waals surface area contributed by atoms with Crippen molar-refractivity contribution < 1.29 is 17.9 Å². The van der Waals surface area contributed by atoms with Gasteiger partial charge >= 0.3 is 0 Å². The second-order valence-electron chi connectivity index (χ2n) is 8.47. The third-order valence-corrected chi connectivity index (χ3v) is 7.26. The SMILES string of the molecule is O=C(NC1CC1)c1cccnc1Oc1ccc(NS(=O)(=O)c2ccc3c(c2)CCCC3)cc1. The van der Waals surface area contributed by atoms with Crippen LogP contribution in [0.25, 0.3) is 0 Å². The molecule has 1 aromatic heterocycles. The van der Waals surface area contributed by atoms with Crippen molar-refractivity contribution in [3.8, 4) is 11.6 Å². The van der Waals surface area contributed by atoms with Crippen LogP contribution in [-0.4, -0.2) is 25.4 Å². The summed E-state index contributed by atoms with van der Waals surface area (Å²) in [4.78, 5) is 16.9. The number of amides is 1. The highest BCUT2D eigenvalue weighted by molar-refractivity contribution is 7.92. The number of aryl methyl sites for hydroxylation is 2. The summed E-state index contributed by atoms with van der Waals surface area (Å²) in [6.45, 7) is 0. The van der Waals surface area contributed by atoms with Crippen molar-refractivity contribution in [1.82, 2.24) is 10.3 Å². The number of carbonyl (C=O) groups excluding carboxylic acids is 1. The highest BCUT2D eigenvalue weighted by atomic mass is 32.2. The molecule has 2 N–H and O–H groups in total. The number of carbonyl (C=O) groups is 1. The van der Waals surface area contributed by atoms with Gasteiger partial charge in [0.25, 0.3) is 15.9 Å². The van der Waals surface area contributed by atoms with Gasteiger partial charge in [0, 0.05) is 17.9 Å². The van der Waals surface area contributed by atoms with Crippen molar-refractivity contribution in [3.05, 3.63) is 77.5 Å². The lowest BCUT2D eigenvalue weighted by Gasteiger charge is -2.17. The summed E-state index contributed by atoms with van der Waals surface area (Å²) in [7, 11) is -3.70. The second kappa shape index (κ2) is 8.86. The molecule has 0 bridgehead atoms. The number of hydrogen-bond donors (Lipinski definition) is 2. The summed E-state index contributed by atoms with van der Waals surface area (Å²) >= 11 is 0. The molecule has 0 radical (unpaired) electrons. The first-order chi connectivity index (χ1) is 16.0. The summed E-state index contributed by atoms with van der Waals surface area (Å²) < 4.78 is 34.2. The lowest BCUT2D eigenvalue weighted by atomic mass is 9.92. The van der Waals surface area contributed by atoms with Crippen LogP contribution in [0, 0.1) is 0 Å². The van der Waals surface area contributed by atoms with E-state index in [2.05, 4.69) is 15.0 Å². The molecule has 7 nitrogen and oxygen atoms in total. The standard InChI is InChI=1S/C25H25N3O4S/c29-24(27-19-8-9-19)23-6-3-15-26-25(23)32-21-12-10-20(11-13-21)28-33(30,31)22-14-7-17-4-1-2-5-18(17)16-22/h3,6-7,10-16,19,28H,1-2,4-5,8-9H2,(H,27,29). The number of fused-ring (bicyclic) bond motifs is 1. The van der Waals surface area contributed by atoms with Gasteiger partial charge in [-0.05, 0) is 98.2 Å². The van der Waals surface area contributed by atoms with E-state index in [0.29, 0.717) is 17.0 Å². The van der Waals surface area contributed by atoms with E-state index in [0.717, 1.165) is 44.1 Å². The molecular formula is C25H25N3O4S. The van der Waals surface area contributed by atoms with Crippen LogP contribution in [-0.2, 0) is 22.9 Å². The van der Waals surface area contributed by atoms with Crippen molar-refractivity contribution in [2.45, 2.75) is 49.5 Å². The second-order valence-corrected chi connectivity index (χ2v) is 10.2. The minimum atomic E-state index is -3.70. The predicted molar refractivity (Wildman–Crippen MR) is 125 cm³/mol. The first-order valence-corrected chi connectivity index (χ1v) is 12.6. The molecule has 3 aromatic rings. The normalized spacial score (nSPS) is 15.4. The number of nitrogens with one attached hydrogen (secondary N) is 2. The van der Waals surface area contributed by atoms with Crippen LogP contribution in [0.4, 0.5) is 5.69 Å². The number of anilines is 1. The lowest BCUT2D eigenvalue weighted by Crippen LogP contribution is -2.25. The molecule has 33 heavy (non-hydrogen) atoms. The van der Waals surface area contributed by atoms with Crippen molar-refractivity contribution in [3.63, 3.8) is 0 Å². The van der Waals surface area contributed by atoms with E-state index in [-0.39, 0.29) is 22.7 Å². The Morgan fingerprint density at radius 1 is 0.970 bits per heavy atom. The Labute approximate surface area is 193 Å². The zero-order valence-corrected chi connectivity index (χ0v) is 18.9. The van der Waals surface area contributed by atoms with Gasteiger partial charge < -0.3 is 10.1 Å². The van der Waals surface area contributed by atoms with Gasteiger partial charge in [0.1, 0.15) is 11.3 Å². The molecule has 2 aliphatic rings. The van der Waals surface area contributed by atoms with Crippen molar-refractivity contribution in [2.75, 3.05) is 4.72 Å². The van der Waals surface area contributed by atoms with E-state index in [4.69, 9.17) is 4.74 Å². The van der Waals surface area contributed by atoms with Crippen LogP contribution >= 0.6 is 0 Å². The summed E-state index contributed by atoms with van der Waals surface area (Å²) in [6.07, 6.45) is 7.70. The van der Waals surface area contributed by atoms with Gasteiger partial charge in [-0.15, -0.1) is 0 Å². The molecule has 2 aromatic carbocycles. The highest BCUT2D eigenvalue weighted by Crippen LogP contribution is 2.28. The zero-order chi connectivity index (χ0) is 22.8. The van der Waals surface area contributed by atoms with Gasteiger partial charge in [-0.2, -0.15) is 0 Å². The number of sulfonamides is 1. The molecule has 1 amide bonds. The van der Waals surface area contributed by atoms with Gasteiger partial charge in [0.2, 0.25) is 5.88 Å². The van der Waals surface area contributed by atoms with Crippen molar-refractivity contribution >= 4 is 21.6 Å². The Morgan fingerprint density at radius 3 is 2.48 bits per heavy atom. The number of nitrogens with zero attached hydrogens (tertiary/aromatic N) is 1. The Bertz CT molecular complexity index is 1290. The highest BCUT2D eigenvalue weighted by Gasteiger charge is 2.25. The van der Waals surface area contributed by atoms with Gasteiger partial charge in [-0.25, -0.2) is 13.4 Å². The topological polar surface area (TPSA) is 97.4 Å². The molecule has 170 valence electrons. The van der Waals surface area contributed by atoms with Gasteiger partial charge in [0.15, 0.2) is 0 Å². The third kappa shape index (κ3) is 5.01. The average molecular weight is 464 g/mol. The van der Waals surface area contributed by atoms with Crippen molar-refractivity contribution in [1.29, 1.82) is 0 Å². The molecule has 0 unspecified atom stereocenters. The lowest BCUT2D eigenvalue weighted by molar-refractivity contribution is 0.0948. The Hall–Kier alpha value is -3.39. The largest absolute Gasteiger partial charge is 0.438 e. The monoisotopic (exact) mass is 463 g/mol. The maximum atomic E-state index is 12.9. The average Bonchev–Trinajstić information content (AvgIpc) is 3.64. The van der Waals surface area contributed by atoms with E-state index in [1.165, 1.54) is 5.56 Å². The van der Waals surface area contributed by atoms with Gasteiger partial charge in [-0.3, -0.25) is 9.52 Å². The zero-order valence-electron chi connectivity index (χ0n) is 18.1. The molecule has 0 spiro atoms. The van der Waals surface area contributed by atoms with Crippen LogP contribution < -0.4 is 14.8 Å². The fourth-order valence-corrected chi connectivity index (χ4v) is 5.04. The van der Waals surface area contributed by atoms with Crippen LogP contribution in [0.5, 0.6) is 11.6 Å². The van der Waals surface area contributed by atoms with Crippen molar-refractivity contribution in [2.24, 2.45) is 0 Å². The molecule has 1 heterocycles. The Morgan fingerprint density at radius 2 is 1.73 bits per heavy atom. The molecular weight excluding hydrogens is 438 g/mol.